The van der Waals surface area contributed by atoms with Gasteiger partial charge in [0, 0.05) is 31.0 Å². The summed E-state index contributed by atoms with van der Waals surface area (Å²) < 4.78 is 15.6. The molecule has 6 nitrogen and oxygen atoms in total. The van der Waals surface area contributed by atoms with Gasteiger partial charge < -0.3 is 14.4 Å². The summed E-state index contributed by atoms with van der Waals surface area (Å²) in [6.07, 6.45) is 4.22. The van der Waals surface area contributed by atoms with Crippen LogP contribution in [0, 0.1) is 19.8 Å². The number of ketones is 1. The number of imidazole rings is 1. The fourth-order valence-electron chi connectivity index (χ4n) is 7.44. The number of nitrogens with zero attached hydrogens (tertiary/aromatic N) is 3. The van der Waals surface area contributed by atoms with Gasteiger partial charge in [-0.2, -0.15) is 0 Å². The zero-order valence-corrected chi connectivity index (χ0v) is 26.0. The van der Waals surface area contributed by atoms with E-state index in [1.807, 2.05) is 24.3 Å². The maximum atomic E-state index is 13.3. The van der Waals surface area contributed by atoms with Gasteiger partial charge in [0.2, 0.25) is 12.1 Å². The van der Waals surface area contributed by atoms with Crippen molar-refractivity contribution in [1.82, 2.24) is 4.57 Å². The quantitative estimate of drug-likeness (QED) is 0.143. The molecule has 2 heterocycles. The SMILES string of the molecule is COc1ccc(C(=O)C[n+]2cn(CCCN3C[C@@H]4Cc5ccccc5[C@@H]4c4cccc(OC)c43)c3cc(C)c(C)cc32)cc1. The number of carbonyl (C=O) groups is 1. The van der Waals surface area contributed by atoms with Crippen LogP contribution in [0.25, 0.3) is 11.0 Å². The van der Waals surface area contributed by atoms with Gasteiger partial charge in [-0.3, -0.25) is 4.79 Å². The largest absolute Gasteiger partial charge is 0.497 e. The van der Waals surface area contributed by atoms with Gasteiger partial charge in [0.1, 0.15) is 11.5 Å². The first-order valence-corrected chi connectivity index (χ1v) is 15.6. The monoisotopic (exact) mass is 586 g/mol. The molecule has 5 aromatic rings. The predicted molar refractivity (Wildman–Crippen MR) is 174 cm³/mol. The molecular weight excluding hydrogens is 546 g/mol. The van der Waals surface area contributed by atoms with Gasteiger partial charge in [0.15, 0.2) is 17.6 Å². The van der Waals surface area contributed by atoms with E-state index >= 15 is 0 Å². The zero-order chi connectivity index (χ0) is 30.4. The van der Waals surface area contributed by atoms with E-state index < -0.39 is 0 Å². The maximum Gasteiger partial charge on any atom is 0.245 e. The Morgan fingerprint density at radius 2 is 1.66 bits per heavy atom. The summed E-state index contributed by atoms with van der Waals surface area (Å²) >= 11 is 0. The molecule has 0 radical (unpaired) electrons. The molecule has 2 aliphatic rings. The van der Waals surface area contributed by atoms with Crippen molar-refractivity contribution in [3.63, 3.8) is 0 Å². The second-order valence-corrected chi connectivity index (χ2v) is 12.4. The Bertz CT molecular complexity index is 1860. The number of methoxy groups -OCH3 is 2. The van der Waals surface area contributed by atoms with Crippen molar-refractivity contribution >= 4 is 22.5 Å². The van der Waals surface area contributed by atoms with E-state index in [2.05, 4.69) is 88.8 Å². The summed E-state index contributed by atoms with van der Waals surface area (Å²) in [6, 6.07) is 27.3. The molecule has 2 atom stereocenters. The number of fused-ring (bicyclic) bond motifs is 6. The molecule has 0 N–H and O–H groups in total. The number of hydrogen-bond acceptors (Lipinski definition) is 4. The molecule has 6 heteroatoms. The summed E-state index contributed by atoms with van der Waals surface area (Å²) in [5.41, 5.74) is 11.0. The van der Waals surface area contributed by atoms with E-state index in [-0.39, 0.29) is 5.78 Å². The molecule has 0 bridgehead atoms. The highest BCUT2D eigenvalue weighted by Gasteiger charge is 2.41. The smallest absolute Gasteiger partial charge is 0.245 e. The minimum Gasteiger partial charge on any atom is -0.497 e. The fourth-order valence-corrected chi connectivity index (χ4v) is 7.44. The highest BCUT2D eigenvalue weighted by Crippen LogP contribution is 2.51. The van der Waals surface area contributed by atoms with Crippen LogP contribution in [0.1, 0.15) is 50.5 Å². The average molecular weight is 587 g/mol. The van der Waals surface area contributed by atoms with Gasteiger partial charge in [-0.15, -0.1) is 0 Å². The second-order valence-electron chi connectivity index (χ2n) is 12.4. The Kier molecular flexibility index (Phi) is 7.37. The van der Waals surface area contributed by atoms with Crippen LogP contribution in [0.4, 0.5) is 5.69 Å². The summed E-state index contributed by atoms with van der Waals surface area (Å²) in [4.78, 5) is 15.9. The van der Waals surface area contributed by atoms with E-state index in [4.69, 9.17) is 9.47 Å². The van der Waals surface area contributed by atoms with Crippen molar-refractivity contribution in [2.45, 2.75) is 45.7 Å². The Morgan fingerprint density at radius 3 is 2.45 bits per heavy atom. The van der Waals surface area contributed by atoms with Crippen LogP contribution in [-0.4, -0.2) is 37.7 Å². The molecule has 0 unspecified atom stereocenters. The number of hydrogen-bond donors (Lipinski definition) is 0. The minimum absolute atomic E-state index is 0.0825. The Hall–Kier alpha value is -4.58. The molecule has 0 saturated carbocycles. The van der Waals surface area contributed by atoms with E-state index in [0.29, 0.717) is 23.9 Å². The van der Waals surface area contributed by atoms with E-state index in [0.717, 1.165) is 49.5 Å². The van der Waals surface area contributed by atoms with Crippen LogP contribution in [-0.2, 0) is 19.5 Å². The molecular formula is C38H40N3O3+. The normalized spacial score (nSPS) is 16.9. The molecule has 1 aromatic heterocycles. The Labute approximate surface area is 259 Å². The van der Waals surface area contributed by atoms with Crippen molar-refractivity contribution in [2.75, 3.05) is 32.2 Å². The topological polar surface area (TPSA) is 47.6 Å². The molecule has 1 aliphatic carbocycles. The van der Waals surface area contributed by atoms with E-state index in [9.17, 15) is 4.79 Å². The van der Waals surface area contributed by atoms with Crippen LogP contribution >= 0.6 is 0 Å². The number of Topliss-reactive ketones (excluding diaryl/α,β-unsaturated/α-hetero) is 1. The Balaban J connectivity index is 1.14. The molecule has 0 amide bonds. The lowest BCUT2D eigenvalue weighted by atomic mass is 9.81. The highest BCUT2D eigenvalue weighted by atomic mass is 16.5. The van der Waals surface area contributed by atoms with E-state index in [1.54, 1.807) is 14.2 Å². The molecule has 1 aliphatic heterocycles. The number of rotatable bonds is 9. The molecule has 7 rings (SSSR count). The van der Waals surface area contributed by atoms with Gasteiger partial charge >= 0.3 is 0 Å². The minimum atomic E-state index is 0.0825. The average Bonchev–Trinajstić information content (AvgIpc) is 3.58. The fraction of sp³-hybridized carbons (Fsp3) is 0.316. The summed E-state index contributed by atoms with van der Waals surface area (Å²) in [5.74, 6) is 2.78. The maximum absolute atomic E-state index is 13.3. The van der Waals surface area contributed by atoms with Crippen molar-refractivity contribution < 1.29 is 18.8 Å². The standard InChI is InChI=1S/C38H40N3O3/c1-25-19-33-34(20-26(25)2)41(23-35(42)27-13-15-30(43-3)16-14-27)24-40(33)18-8-17-39-22-29-21-28-9-5-6-10-31(28)37(29)32-11-7-12-36(44-4)38(32)39/h5-7,9-16,19-20,24,29,37H,8,17-18,21-23H2,1-4H3/q+1/t29-,37+/m0/s1. The third-order valence-corrected chi connectivity index (χ3v) is 9.74. The highest BCUT2D eigenvalue weighted by molar-refractivity contribution is 5.95. The number of ether oxygens (including phenoxy) is 2. The molecule has 0 spiro atoms. The number of aryl methyl sites for hydroxylation is 3. The molecule has 0 saturated heterocycles. The van der Waals surface area contributed by atoms with Gasteiger partial charge in [0.25, 0.3) is 0 Å². The first-order chi connectivity index (χ1) is 21.4. The third kappa shape index (κ3) is 4.92. The number of benzene rings is 4. The van der Waals surface area contributed by atoms with Crippen molar-refractivity contribution in [3.05, 3.63) is 119 Å². The molecule has 4 aromatic carbocycles. The lowest BCUT2D eigenvalue weighted by Crippen LogP contribution is -2.38. The zero-order valence-electron chi connectivity index (χ0n) is 26.0. The Morgan fingerprint density at radius 1 is 0.886 bits per heavy atom. The van der Waals surface area contributed by atoms with Gasteiger partial charge in [0.05, 0.1) is 26.5 Å². The third-order valence-electron chi connectivity index (χ3n) is 9.74. The van der Waals surface area contributed by atoms with Crippen molar-refractivity contribution in [1.29, 1.82) is 0 Å². The number of anilines is 1. The van der Waals surface area contributed by atoms with E-state index in [1.165, 1.54) is 39.0 Å². The first kappa shape index (κ1) is 28.2. The lowest BCUT2D eigenvalue weighted by Gasteiger charge is -2.39. The number of aromatic nitrogens is 2. The second kappa shape index (κ2) is 11.5. The summed E-state index contributed by atoms with van der Waals surface area (Å²) in [7, 11) is 3.42. The van der Waals surface area contributed by atoms with Crippen LogP contribution in [0.3, 0.4) is 0 Å². The van der Waals surface area contributed by atoms with Crippen LogP contribution in [0.2, 0.25) is 0 Å². The summed E-state index contributed by atoms with van der Waals surface area (Å²) in [5, 5.41) is 0. The number of carbonyl (C=O) groups excluding carboxylic acids is 1. The van der Waals surface area contributed by atoms with Crippen LogP contribution in [0.15, 0.2) is 85.2 Å². The van der Waals surface area contributed by atoms with Gasteiger partial charge in [-0.1, -0.05) is 36.4 Å². The number of para-hydroxylation sites is 1. The lowest BCUT2D eigenvalue weighted by molar-refractivity contribution is -0.658. The van der Waals surface area contributed by atoms with Crippen LogP contribution in [0.5, 0.6) is 11.5 Å². The van der Waals surface area contributed by atoms with Gasteiger partial charge in [-0.25, -0.2) is 9.13 Å². The van der Waals surface area contributed by atoms with Crippen LogP contribution < -0.4 is 18.9 Å². The van der Waals surface area contributed by atoms with Gasteiger partial charge in [-0.05, 0) is 96.5 Å². The molecule has 44 heavy (non-hydrogen) atoms. The van der Waals surface area contributed by atoms with Crippen molar-refractivity contribution in [2.24, 2.45) is 5.92 Å². The van der Waals surface area contributed by atoms with Crippen molar-refractivity contribution in [3.8, 4) is 11.5 Å². The summed E-state index contributed by atoms with van der Waals surface area (Å²) in [6.45, 7) is 7.40. The first-order valence-electron chi connectivity index (χ1n) is 15.6. The predicted octanol–water partition coefficient (Wildman–Crippen LogP) is 6.66. The molecule has 0 fully saturated rings. The molecule has 224 valence electrons.